The third-order valence-electron chi connectivity index (χ3n) is 17.2. The van der Waals surface area contributed by atoms with Crippen LogP contribution < -0.4 is 0 Å². The predicted octanol–water partition coefficient (Wildman–Crippen LogP) is 3.05. The van der Waals surface area contributed by atoms with Crippen LogP contribution in [0.1, 0.15) is 119 Å². The number of carbonyl (C=O) groups is 1. The van der Waals surface area contributed by atoms with Gasteiger partial charge in [0.05, 0.1) is 109 Å². The van der Waals surface area contributed by atoms with Gasteiger partial charge >= 0.3 is 20.8 Å². The van der Waals surface area contributed by atoms with E-state index < -0.39 is 111 Å². The van der Waals surface area contributed by atoms with E-state index in [4.69, 9.17) is 56.1 Å². The van der Waals surface area contributed by atoms with Gasteiger partial charge in [0.1, 0.15) is 30.0 Å². The Balaban J connectivity index is 0.822. The molecule has 10 saturated heterocycles. The number of Topliss-reactive ketones (excluding diaryl/α,β-unsaturated/α-hetero) is 1. The van der Waals surface area contributed by atoms with Gasteiger partial charge in [-0.3, -0.25) is 13.9 Å². The van der Waals surface area contributed by atoms with E-state index in [-0.39, 0.29) is 73.4 Å². The van der Waals surface area contributed by atoms with Gasteiger partial charge in [-0.1, -0.05) is 13.5 Å². The third kappa shape index (κ3) is 9.27. The summed E-state index contributed by atoms with van der Waals surface area (Å²) < 4.78 is 143. The van der Waals surface area contributed by atoms with E-state index in [2.05, 4.69) is 31.5 Å². The molecule has 10 aliphatic heterocycles. The standard InChI is InChI=1S/C45H68O20S2/c1-21-8-10-43(5)35(58-32-17-33-40(61-39(21)32)41(47)45(7)37(59-33)19-29-30(63-45)14-22(2)38(60-29)23(3)46)20-34-44(6,65-43)11-9-24-25(57-34)15-26-27(55-24)16-31-28(56-26)18-36(64-67(51,52)53)42(4,62-31)12-13-54-66(48,49)50/h21,24-41,47H,2,8-20H2,1,3-7H3,(H,48,49,50)(H,51,52,53)/t21-,24-,25+,26-,27+,28+,29+,30-,31-,32-,33+,34-,35+,36-,37-,38+,39+,40+,41+,42+,43-,44+,45-/m0/s1. The molecule has 67 heavy (non-hydrogen) atoms. The van der Waals surface area contributed by atoms with E-state index in [1.54, 1.807) is 0 Å². The van der Waals surface area contributed by atoms with E-state index >= 15 is 0 Å². The number of hydrogen-bond acceptors (Lipinski definition) is 18. The molecular formula is C45H68O20S2. The molecule has 0 amide bonds. The summed E-state index contributed by atoms with van der Waals surface area (Å²) in [5.41, 5.74) is -3.16. The van der Waals surface area contributed by atoms with Crippen LogP contribution in [0.5, 0.6) is 0 Å². The average Bonchev–Trinajstić information content (AvgIpc) is 3.35. The highest BCUT2D eigenvalue weighted by atomic mass is 32.3. The molecule has 0 bridgehead atoms. The smallest absolute Gasteiger partial charge is 0.387 e. The van der Waals surface area contributed by atoms with Gasteiger partial charge in [-0.2, -0.15) is 16.8 Å². The molecule has 0 spiro atoms. The molecule has 10 heterocycles. The predicted molar refractivity (Wildman–Crippen MR) is 229 cm³/mol. The van der Waals surface area contributed by atoms with E-state index in [1.807, 2.05) is 6.92 Å². The van der Waals surface area contributed by atoms with Gasteiger partial charge in [-0.15, -0.1) is 0 Å². The highest BCUT2D eigenvalue weighted by Gasteiger charge is 2.64. The lowest BCUT2D eigenvalue weighted by Crippen LogP contribution is -2.73. The Bertz CT molecular complexity index is 2140. The molecule has 0 aromatic rings. The topological polar surface area (TPSA) is 257 Å². The number of fused-ring (bicyclic) bond motifs is 9. The highest BCUT2D eigenvalue weighted by Crippen LogP contribution is 2.53. The minimum absolute atomic E-state index is 0.00553. The summed E-state index contributed by atoms with van der Waals surface area (Å²) in [6.07, 6.45) is -4.07. The largest absolute Gasteiger partial charge is 0.397 e. The SMILES string of the molecule is C=C1C[C@@H]2O[C@@]3(C)[C@H](C[C@H]2O[C@H]1C(C)=O)O[C@@H]1C[C@@H]2O[C@@H]4C[C@@H]5O[C@@H]6C[C@@H]7O[C@@H]8C[C@H](OS(=O)(=O)O)[C@@](C)(CCOS(=O)(=O)O)O[C@H]8C[C@H]7O[C@H]6CC[C@@]5(C)O[C@@]4(C)CC[C@H](C)[C@H]2O[C@H]1[C@H]3O. The number of ether oxygens (including phenoxy) is 10. The second kappa shape index (κ2) is 17.4. The first kappa shape index (κ1) is 49.3. The number of aliphatic hydroxyl groups is 1. The van der Waals surface area contributed by atoms with Crippen molar-refractivity contribution in [1.29, 1.82) is 0 Å². The number of hydrogen-bond donors (Lipinski definition) is 3. The molecule has 20 nitrogen and oxygen atoms in total. The summed E-state index contributed by atoms with van der Waals surface area (Å²) >= 11 is 0. The van der Waals surface area contributed by atoms with Gasteiger partial charge in [0, 0.05) is 44.9 Å². The fourth-order valence-electron chi connectivity index (χ4n) is 13.4. The molecule has 0 unspecified atom stereocenters. The van der Waals surface area contributed by atoms with Crippen LogP contribution in [0.3, 0.4) is 0 Å². The molecule has 10 aliphatic rings. The molecule has 0 saturated carbocycles. The molecule has 23 atom stereocenters. The number of carbonyl (C=O) groups excluding carboxylic acids is 1. The Labute approximate surface area is 392 Å². The zero-order valence-electron chi connectivity index (χ0n) is 39.0. The van der Waals surface area contributed by atoms with Crippen LogP contribution in [0.2, 0.25) is 0 Å². The molecular weight excluding hydrogens is 925 g/mol. The van der Waals surface area contributed by atoms with E-state index in [9.17, 15) is 31.3 Å². The monoisotopic (exact) mass is 992 g/mol. The van der Waals surface area contributed by atoms with Crippen LogP contribution >= 0.6 is 0 Å². The summed E-state index contributed by atoms with van der Waals surface area (Å²) in [6.45, 7) is 14.9. The molecule has 0 aliphatic carbocycles. The molecule has 10 rings (SSSR count). The van der Waals surface area contributed by atoms with E-state index in [0.717, 1.165) is 6.42 Å². The maximum Gasteiger partial charge on any atom is 0.397 e. The lowest BCUT2D eigenvalue weighted by molar-refractivity contribution is -0.367. The Morgan fingerprint density at radius 3 is 1.94 bits per heavy atom. The van der Waals surface area contributed by atoms with Crippen molar-refractivity contribution in [3.63, 3.8) is 0 Å². The first-order valence-electron chi connectivity index (χ1n) is 24.1. The van der Waals surface area contributed by atoms with Crippen LogP contribution in [0, 0.1) is 5.92 Å². The Morgan fingerprint density at radius 1 is 0.672 bits per heavy atom. The normalized spacial score (nSPS) is 53.1. The third-order valence-corrected chi connectivity index (χ3v) is 18.1. The number of aliphatic hydroxyl groups excluding tert-OH is 1. The Hall–Kier alpha value is -1.29. The van der Waals surface area contributed by atoms with Gasteiger partial charge in [-0.05, 0) is 78.2 Å². The van der Waals surface area contributed by atoms with Crippen molar-refractivity contribution in [2.24, 2.45) is 5.92 Å². The minimum atomic E-state index is -4.95. The quantitative estimate of drug-likeness (QED) is 0.245. The number of ketones is 1. The van der Waals surface area contributed by atoms with Crippen LogP contribution in [0.4, 0.5) is 0 Å². The fourth-order valence-corrected chi connectivity index (χ4v) is 14.3. The highest BCUT2D eigenvalue weighted by molar-refractivity contribution is 7.81. The van der Waals surface area contributed by atoms with Crippen LogP contribution in [0.15, 0.2) is 12.2 Å². The van der Waals surface area contributed by atoms with Crippen molar-refractivity contribution in [3.8, 4) is 0 Å². The second-order valence-corrected chi connectivity index (χ2v) is 24.1. The summed E-state index contributed by atoms with van der Waals surface area (Å²) in [5.74, 6) is -0.0324. The van der Waals surface area contributed by atoms with Crippen molar-refractivity contribution >= 4 is 26.6 Å². The molecule has 0 aromatic heterocycles. The van der Waals surface area contributed by atoms with Gasteiger partial charge < -0.3 is 52.5 Å². The Morgan fingerprint density at radius 2 is 1.25 bits per heavy atom. The lowest BCUT2D eigenvalue weighted by atomic mass is 9.73. The molecule has 380 valence electrons. The van der Waals surface area contributed by atoms with Crippen LogP contribution in [-0.2, 0) is 81.3 Å². The van der Waals surface area contributed by atoms with E-state index in [0.29, 0.717) is 63.4 Å². The molecule has 10 fully saturated rings. The maximum atomic E-state index is 12.4. The van der Waals surface area contributed by atoms with Crippen molar-refractivity contribution in [2.75, 3.05) is 6.61 Å². The van der Waals surface area contributed by atoms with Gasteiger partial charge in [0.2, 0.25) is 0 Å². The minimum Gasteiger partial charge on any atom is -0.387 e. The molecule has 3 N–H and O–H groups in total. The van der Waals surface area contributed by atoms with Gasteiger partial charge in [0.15, 0.2) is 5.78 Å². The Kier molecular flexibility index (Phi) is 12.8. The summed E-state index contributed by atoms with van der Waals surface area (Å²) in [7, 11) is -9.73. The first-order valence-corrected chi connectivity index (χ1v) is 26.8. The summed E-state index contributed by atoms with van der Waals surface area (Å²) in [6, 6.07) is 0. The maximum absolute atomic E-state index is 12.4. The van der Waals surface area contributed by atoms with Crippen molar-refractivity contribution in [3.05, 3.63) is 12.2 Å². The van der Waals surface area contributed by atoms with Crippen molar-refractivity contribution < 1.29 is 91.6 Å². The van der Waals surface area contributed by atoms with Crippen molar-refractivity contribution in [2.45, 2.75) is 251 Å². The first-order chi connectivity index (χ1) is 31.3. The second-order valence-electron chi connectivity index (χ2n) is 22.0. The lowest BCUT2D eigenvalue weighted by Gasteiger charge is -2.60. The zero-order valence-corrected chi connectivity index (χ0v) is 40.6. The van der Waals surface area contributed by atoms with Crippen molar-refractivity contribution in [1.82, 2.24) is 0 Å². The fraction of sp³-hybridized carbons (Fsp3) is 0.933. The summed E-state index contributed by atoms with van der Waals surface area (Å²) in [4.78, 5) is 12.4. The average molecular weight is 993 g/mol. The zero-order chi connectivity index (χ0) is 47.8. The van der Waals surface area contributed by atoms with Crippen LogP contribution in [0.25, 0.3) is 0 Å². The molecule has 0 radical (unpaired) electrons. The molecule has 0 aromatic carbocycles. The summed E-state index contributed by atoms with van der Waals surface area (Å²) in [5, 5.41) is 12.1. The molecule has 22 heteroatoms. The van der Waals surface area contributed by atoms with Crippen LogP contribution in [-0.4, -0.2) is 176 Å². The van der Waals surface area contributed by atoms with Gasteiger partial charge in [0.25, 0.3) is 0 Å². The van der Waals surface area contributed by atoms with Gasteiger partial charge in [-0.25, -0.2) is 8.37 Å². The van der Waals surface area contributed by atoms with E-state index in [1.165, 1.54) is 13.8 Å². The number of rotatable bonds is 7.